The molecule has 0 saturated heterocycles. The van der Waals surface area contributed by atoms with Gasteiger partial charge in [-0.2, -0.15) is 0 Å². The van der Waals surface area contributed by atoms with E-state index in [2.05, 4.69) is 0 Å². The molecule has 3 aromatic carbocycles. The maximum absolute atomic E-state index is 15.5. The van der Waals surface area contributed by atoms with Crippen LogP contribution in [0, 0.1) is 23.3 Å². The van der Waals surface area contributed by atoms with Crippen LogP contribution in [-0.2, 0) is 10.8 Å². The molecule has 176 valence electrons. The van der Waals surface area contributed by atoms with E-state index in [-0.39, 0.29) is 32.7 Å². The van der Waals surface area contributed by atoms with Crippen molar-refractivity contribution < 1.29 is 17.6 Å². The van der Waals surface area contributed by atoms with Crippen LogP contribution in [0.2, 0.25) is 10.0 Å². The van der Waals surface area contributed by atoms with E-state index in [1.165, 1.54) is 18.2 Å². The fourth-order valence-electron chi connectivity index (χ4n) is 4.30. The van der Waals surface area contributed by atoms with Crippen molar-refractivity contribution in [3.05, 3.63) is 104 Å². The van der Waals surface area contributed by atoms with Gasteiger partial charge in [0.15, 0.2) is 0 Å². The van der Waals surface area contributed by atoms with Gasteiger partial charge in [-0.05, 0) is 59.0 Å². The maximum atomic E-state index is 15.5. The van der Waals surface area contributed by atoms with E-state index in [4.69, 9.17) is 23.2 Å². The molecule has 0 unspecified atom stereocenters. The Balaban J connectivity index is 2.14. The summed E-state index contributed by atoms with van der Waals surface area (Å²) < 4.78 is 58.8. The van der Waals surface area contributed by atoms with Crippen molar-refractivity contribution in [1.29, 1.82) is 0 Å². The molecule has 0 aliphatic carbocycles. The third-order valence-corrected chi connectivity index (χ3v) is 6.99. The maximum Gasteiger partial charge on any atom is 0.129 e. The highest BCUT2D eigenvalue weighted by atomic mass is 35.5. The minimum atomic E-state index is -1.25. The van der Waals surface area contributed by atoms with Crippen molar-refractivity contribution in [2.45, 2.75) is 58.3 Å². The number of hydrogen-bond acceptors (Lipinski definition) is 0. The Morgan fingerprint density at radius 2 is 1.30 bits per heavy atom. The third-order valence-electron chi connectivity index (χ3n) is 6.37. The van der Waals surface area contributed by atoms with Crippen LogP contribution in [0.4, 0.5) is 17.6 Å². The topological polar surface area (TPSA) is 0 Å². The molecule has 0 nitrogen and oxygen atoms in total. The van der Waals surface area contributed by atoms with Crippen LogP contribution in [0.1, 0.15) is 75.3 Å². The molecule has 0 spiro atoms. The van der Waals surface area contributed by atoms with Gasteiger partial charge >= 0.3 is 0 Å². The Bertz CT molecular complexity index is 1190. The first-order chi connectivity index (χ1) is 15.2. The number of halogens is 6. The van der Waals surface area contributed by atoms with Crippen molar-refractivity contribution in [1.82, 2.24) is 0 Å². The van der Waals surface area contributed by atoms with Crippen molar-refractivity contribution in [2.75, 3.05) is 0 Å². The molecule has 0 aromatic heterocycles. The predicted octanol–water partition coefficient (Wildman–Crippen LogP) is 9.32. The molecule has 3 rings (SSSR count). The smallest absolute Gasteiger partial charge is 0.129 e. The van der Waals surface area contributed by atoms with Gasteiger partial charge in [0.2, 0.25) is 0 Å². The fraction of sp³-hybridized carbons (Fsp3) is 0.333. The summed E-state index contributed by atoms with van der Waals surface area (Å²) >= 11 is 12.8. The van der Waals surface area contributed by atoms with Crippen LogP contribution in [0.5, 0.6) is 0 Å². The van der Waals surface area contributed by atoms with E-state index in [9.17, 15) is 8.78 Å². The van der Waals surface area contributed by atoms with Crippen LogP contribution >= 0.6 is 23.2 Å². The molecule has 33 heavy (non-hydrogen) atoms. The average Bonchev–Trinajstić information content (AvgIpc) is 2.68. The highest BCUT2D eigenvalue weighted by Gasteiger charge is 2.35. The van der Waals surface area contributed by atoms with E-state index < -0.39 is 34.1 Å². The van der Waals surface area contributed by atoms with Gasteiger partial charge in [0, 0.05) is 32.0 Å². The minimum Gasteiger partial charge on any atom is -0.207 e. The van der Waals surface area contributed by atoms with Crippen LogP contribution in [0.3, 0.4) is 0 Å². The van der Waals surface area contributed by atoms with E-state index >= 15 is 8.78 Å². The molecule has 0 aliphatic heterocycles. The van der Waals surface area contributed by atoms with Crippen LogP contribution in [0.25, 0.3) is 0 Å². The molecule has 0 N–H and O–H groups in total. The van der Waals surface area contributed by atoms with Gasteiger partial charge in [0.05, 0.1) is 0 Å². The Kier molecular flexibility index (Phi) is 6.94. The van der Waals surface area contributed by atoms with Gasteiger partial charge in [0.25, 0.3) is 0 Å². The normalized spacial score (nSPS) is 12.5. The summed E-state index contributed by atoms with van der Waals surface area (Å²) in [5.74, 6) is -2.49. The highest BCUT2D eigenvalue weighted by Crippen LogP contribution is 2.43. The summed E-state index contributed by atoms with van der Waals surface area (Å²) in [6, 6.07) is 9.24. The van der Waals surface area contributed by atoms with Crippen LogP contribution in [-0.4, -0.2) is 0 Å². The Labute approximate surface area is 202 Å². The zero-order chi connectivity index (χ0) is 24.9. The van der Waals surface area contributed by atoms with Gasteiger partial charge < -0.3 is 0 Å². The molecule has 3 aromatic rings. The van der Waals surface area contributed by atoms with Gasteiger partial charge in [-0.25, -0.2) is 17.6 Å². The zero-order valence-electron chi connectivity index (χ0n) is 19.4. The quantitative estimate of drug-likeness (QED) is 0.308. The lowest BCUT2D eigenvalue weighted by atomic mass is 9.74. The molecule has 6 heteroatoms. The largest absolute Gasteiger partial charge is 0.207 e. The molecule has 0 bridgehead atoms. The average molecular weight is 497 g/mol. The number of rotatable bonds is 5. The fourth-order valence-corrected chi connectivity index (χ4v) is 5.15. The molecular weight excluding hydrogens is 471 g/mol. The van der Waals surface area contributed by atoms with Crippen molar-refractivity contribution >= 4 is 23.2 Å². The lowest BCUT2D eigenvalue weighted by molar-refractivity contribution is 0.499. The van der Waals surface area contributed by atoms with E-state index in [1.807, 2.05) is 13.8 Å². The minimum absolute atomic E-state index is 0.0128. The first kappa shape index (κ1) is 25.6. The third kappa shape index (κ3) is 4.65. The SMILES string of the molecule is CC(C)c1cc(F)c(C(C)(C)c2c(F)cc(C(C)(C)c3ccc(F)cc3Cl)cc2Cl)cc1F. The lowest BCUT2D eigenvalue weighted by Gasteiger charge is -2.32. The molecule has 0 atom stereocenters. The summed E-state index contributed by atoms with van der Waals surface area (Å²) in [4.78, 5) is 0. The summed E-state index contributed by atoms with van der Waals surface area (Å²) in [5, 5.41) is 0.290. The molecule has 0 fully saturated rings. The first-order valence-corrected chi connectivity index (χ1v) is 11.4. The molecule has 0 saturated carbocycles. The summed E-state index contributed by atoms with van der Waals surface area (Å²) in [6.45, 7) is 10.4. The molecule has 0 amide bonds. The molecule has 0 radical (unpaired) electrons. The highest BCUT2D eigenvalue weighted by molar-refractivity contribution is 6.32. The Morgan fingerprint density at radius 1 is 0.667 bits per heavy atom. The van der Waals surface area contributed by atoms with E-state index in [1.54, 1.807) is 39.8 Å². The molecule has 0 aliphatic rings. The summed E-state index contributed by atoms with van der Waals surface area (Å²) in [6.07, 6.45) is 0. The Hall–Kier alpha value is -2.04. The lowest BCUT2D eigenvalue weighted by Crippen LogP contribution is -2.25. The second kappa shape index (κ2) is 8.96. The molecular formula is C27H26Cl2F4. The van der Waals surface area contributed by atoms with Gasteiger partial charge in [0.1, 0.15) is 23.3 Å². The second-order valence-corrected chi connectivity index (χ2v) is 10.5. The van der Waals surface area contributed by atoms with Crippen molar-refractivity contribution in [3.8, 4) is 0 Å². The van der Waals surface area contributed by atoms with E-state index in [0.717, 1.165) is 12.1 Å². The summed E-state index contributed by atoms with van der Waals surface area (Å²) in [7, 11) is 0. The standard InChI is InChI=1S/C27H26Cl2F4/c1-14(2)17-12-23(32)19(13-22(17)31)27(5,6)25-21(29)9-15(10-24(25)33)26(3,4)18-8-7-16(30)11-20(18)28/h7-14H,1-6H3. The molecule has 0 heterocycles. The van der Waals surface area contributed by atoms with Crippen molar-refractivity contribution in [2.24, 2.45) is 0 Å². The summed E-state index contributed by atoms with van der Waals surface area (Å²) in [5.41, 5.74) is -0.605. The second-order valence-electron chi connectivity index (χ2n) is 9.70. The number of hydrogen-bond donors (Lipinski definition) is 0. The first-order valence-electron chi connectivity index (χ1n) is 10.6. The van der Waals surface area contributed by atoms with Crippen LogP contribution in [0.15, 0.2) is 42.5 Å². The van der Waals surface area contributed by atoms with Crippen molar-refractivity contribution in [3.63, 3.8) is 0 Å². The van der Waals surface area contributed by atoms with E-state index in [0.29, 0.717) is 11.1 Å². The van der Waals surface area contributed by atoms with Crippen LogP contribution < -0.4 is 0 Å². The van der Waals surface area contributed by atoms with Gasteiger partial charge in [-0.15, -0.1) is 0 Å². The number of benzene rings is 3. The monoisotopic (exact) mass is 496 g/mol. The van der Waals surface area contributed by atoms with Gasteiger partial charge in [-0.3, -0.25) is 0 Å². The Morgan fingerprint density at radius 3 is 1.85 bits per heavy atom. The zero-order valence-corrected chi connectivity index (χ0v) is 20.9. The predicted molar refractivity (Wildman–Crippen MR) is 128 cm³/mol. The van der Waals surface area contributed by atoms with Gasteiger partial charge in [-0.1, -0.05) is 70.8 Å².